The second-order valence-corrected chi connectivity index (χ2v) is 6.04. The molecule has 1 saturated heterocycles. The molecule has 0 aliphatic carbocycles. The Kier molecular flexibility index (Phi) is 5.09. The highest BCUT2D eigenvalue weighted by molar-refractivity contribution is 9.10. The van der Waals surface area contributed by atoms with Crippen molar-refractivity contribution in [1.82, 2.24) is 10.6 Å². The van der Waals surface area contributed by atoms with Crippen LogP contribution in [0.25, 0.3) is 0 Å². The Hall–Kier alpha value is -1.81. The van der Waals surface area contributed by atoms with E-state index in [1.54, 1.807) is 6.07 Å². The summed E-state index contributed by atoms with van der Waals surface area (Å²) in [7, 11) is 0. The number of hydrogen-bond acceptors (Lipinski definition) is 4. The van der Waals surface area contributed by atoms with E-state index >= 15 is 0 Å². The van der Waals surface area contributed by atoms with Gasteiger partial charge in [0.1, 0.15) is 5.92 Å². The Bertz CT molecular complexity index is 655. The number of halogens is 4. The van der Waals surface area contributed by atoms with Crippen molar-refractivity contribution in [3.05, 3.63) is 34.3 Å². The number of nitrogens with one attached hydrogen (secondary N) is 2. The van der Waals surface area contributed by atoms with Gasteiger partial charge in [-0.1, -0.05) is 28.1 Å². The highest BCUT2D eigenvalue weighted by atomic mass is 79.9. The van der Waals surface area contributed by atoms with Crippen LogP contribution in [0.3, 0.4) is 0 Å². The van der Waals surface area contributed by atoms with Crippen molar-refractivity contribution in [2.24, 2.45) is 5.92 Å². The minimum absolute atomic E-state index is 0.178. The molecule has 3 N–H and O–H groups in total. The lowest BCUT2D eigenvalue weighted by Gasteiger charge is -2.44. The van der Waals surface area contributed by atoms with E-state index < -0.39 is 35.9 Å². The first-order valence-electron chi connectivity index (χ1n) is 6.90. The number of ether oxygens (including phenoxy) is 1. The molecule has 2 rings (SSSR count). The Morgan fingerprint density at radius 1 is 1.46 bits per heavy atom. The van der Waals surface area contributed by atoms with Crippen LogP contribution in [0.5, 0.6) is 0 Å². The Morgan fingerprint density at radius 2 is 2.12 bits per heavy atom. The van der Waals surface area contributed by atoms with Crippen LogP contribution in [0.2, 0.25) is 0 Å². The van der Waals surface area contributed by atoms with E-state index in [-0.39, 0.29) is 12.2 Å². The van der Waals surface area contributed by atoms with Crippen molar-refractivity contribution < 1.29 is 32.6 Å². The van der Waals surface area contributed by atoms with Gasteiger partial charge in [-0.25, -0.2) is 4.79 Å². The van der Waals surface area contributed by atoms with Gasteiger partial charge in [-0.2, -0.15) is 13.2 Å². The molecule has 0 aromatic heterocycles. The van der Waals surface area contributed by atoms with Crippen LogP contribution < -0.4 is 10.6 Å². The zero-order valence-corrected chi connectivity index (χ0v) is 13.9. The van der Waals surface area contributed by atoms with Crippen LogP contribution in [0, 0.1) is 5.92 Å². The highest BCUT2D eigenvalue weighted by Crippen LogP contribution is 2.43. The van der Waals surface area contributed by atoms with Gasteiger partial charge in [-0.3, -0.25) is 4.79 Å². The van der Waals surface area contributed by atoms with Crippen LogP contribution in [0.4, 0.5) is 18.0 Å². The molecule has 132 valence electrons. The predicted octanol–water partition coefficient (Wildman–Crippen LogP) is 2.23. The first-order valence-corrected chi connectivity index (χ1v) is 7.69. The molecule has 0 saturated carbocycles. The number of urea groups is 1. The van der Waals surface area contributed by atoms with Gasteiger partial charge in [-0.05, 0) is 24.6 Å². The summed E-state index contributed by atoms with van der Waals surface area (Å²) in [6.45, 7) is 1.25. The summed E-state index contributed by atoms with van der Waals surface area (Å²) in [6.07, 6.45) is -5.29. The summed E-state index contributed by atoms with van der Waals surface area (Å²) in [6, 6.07) is 3.36. The van der Waals surface area contributed by atoms with Crippen LogP contribution in [0.1, 0.15) is 18.5 Å². The summed E-state index contributed by atoms with van der Waals surface area (Å²) < 4.78 is 45.4. The molecule has 0 bridgehead atoms. The maximum absolute atomic E-state index is 13.4. The third-order valence-electron chi connectivity index (χ3n) is 3.55. The minimum Gasteiger partial charge on any atom is -0.466 e. The number of aliphatic hydroxyl groups is 1. The average Bonchev–Trinajstić information content (AvgIpc) is 2.45. The molecule has 1 fully saturated rings. The van der Waals surface area contributed by atoms with Gasteiger partial charge in [0.2, 0.25) is 0 Å². The number of rotatable bonds is 3. The fourth-order valence-electron chi connectivity index (χ4n) is 2.51. The van der Waals surface area contributed by atoms with Gasteiger partial charge >= 0.3 is 18.2 Å². The largest absolute Gasteiger partial charge is 0.466 e. The summed E-state index contributed by atoms with van der Waals surface area (Å²) in [5.74, 6) is -3.40. The van der Waals surface area contributed by atoms with Crippen molar-refractivity contribution in [2.75, 3.05) is 6.61 Å². The highest BCUT2D eigenvalue weighted by Gasteiger charge is 2.67. The zero-order valence-electron chi connectivity index (χ0n) is 12.4. The number of carbonyl (C=O) groups is 2. The predicted molar refractivity (Wildman–Crippen MR) is 79.7 cm³/mol. The Balaban J connectivity index is 2.57. The molecule has 24 heavy (non-hydrogen) atoms. The van der Waals surface area contributed by atoms with Crippen molar-refractivity contribution in [2.45, 2.75) is 24.9 Å². The third-order valence-corrected chi connectivity index (χ3v) is 4.05. The van der Waals surface area contributed by atoms with E-state index in [2.05, 4.69) is 26.0 Å². The molecule has 3 atom stereocenters. The van der Waals surface area contributed by atoms with E-state index in [4.69, 9.17) is 0 Å². The van der Waals surface area contributed by atoms with Crippen LogP contribution in [0.15, 0.2) is 28.7 Å². The van der Waals surface area contributed by atoms with Crippen molar-refractivity contribution in [1.29, 1.82) is 0 Å². The second-order valence-electron chi connectivity index (χ2n) is 5.12. The molecule has 0 radical (unpaired) electrons. The first-order chi connectivity index (χ1) is 11.1. The number of benzene rings is 1. The van der Waals surface area contributed by atoms with Gasteiger partial charge in [0.25, 0.3) is 5.72 Å². The van der Waals surface area contributed by atoms with Crippen molar-refractivity contribution in [3.8, 4) is 0 Å². The standard InChI is InChI=1S/C14H14BrF3N2O4/c1-2-24-11(21)9-10(7-4-3-5-8(15)6-7)19-12(22)20-13(9,23)14(16,17)18/h3-6,9-10,23H,2H2,1H3,(H2,19,20,22)/t9-,10-,13+/m0/s1. The molecule has 6 nitrogen and oxygen atoms in total. The molecule has 1 aliphatic heterocycles. The van der Waals surface area contributed by atoms with E-state index in [1.165, 1.54) is 30.4 Å². The second kappa shape index (κ2) is 6.60. The molecule has 1 aromatic carbocycles. The minimum atomic E-state index is -5.29. The monoisotopic (exact) mass is 410 g/mol. The van der Waals surface area contributed by atoms with Crippen LogP contribution in [-0.2, 0) is 9.53 Å². The number of amides is 2. The van der Waals surface area contributed by atoms with Gasteiger partial charge < -0.3 is 20.5 Å². The Labute approximate surface area is 143 Å². The molecule has 1 aliphatic rings. The zero-order chi connectivity index (χ0) is 18.1. The lowest BCUT2D eigenvalue weighted by molar-refractivity contribution is -0.294. The molecule has 10 heteroatoms. The smallest absolute Gasteiger partial charge is 0.437 e. The fraction of sp³-hybridized carbons (Fsp3) is 0.429. The molecule has 0 spiro atoms. The van der Waals surface area contributed by atoms with Gasteiger partial charge in [0.05, 0.1) is 12.6 Å². The number of alkyl halides is 3. The van der Waals surface area contributed by atoms with E-state index in [0.29, 0.717) is 4.47 Å². The number of carbonyl (C=O) groups excluding carboxylic acids is 2. The van der Waals surface area contributed by atoms with Crippen LogP contribution in [-0.4, -0.2) is 35.6 Å². The third kappa shape index (κ3) is 3.34. The van der Waals surface area contributed by atoms with Crippen LogP contribution >= 0.6 is 15.9 Å². The number of esters is 1. The first kappa shape index (κ1) is 18.5. The normalized spacial score (nSPS) is 27.2. The molecule has 0 unspecified atom stereocenters. The van der Waals surface area contributed by atoms with Gasteiger partial charge in [0.15, 0.2) is 0 Å². The topological polar surface area (TPSA) is 87.7 Å². The van der Waals surface area contributed by atoms with Gasteiger partial charge in [-0.15, -0.1) is 0 Å². The van der Waals surface area contributed by atoms with E-state index in [0.717, 1.165) is 0 Å². The summed E-state index contributed by atoms with van der Waals surface area (Å²) in [4.78, 5) is 23.8. The summed E-state index contributed by atoms with van der Waals surface area (Å²) >= 11 is 3.17. The van der Waals surface area contributed by atoms with E-state index in [1.807, 2.05) is 0 Å². The maximum Gasteiger partial charge on any atom is 0.437 e. The van der Waals surface area contributed by atoms with Crippen molar-refractivity contribution >= 4 is 27.9 Å². The van der Waals surface area contributed by atoms with Crippen molar-refractivity contribution in [3.63, 3.8) is 0 Å². The lowest BCUT2D eigenvalue weighted by atomic mass is 9.82. The SMILES string of the molecule is CCOC(=O)[C@@H]1[C@H](c2cccc(Br)c2)NC(=O)N[C@]1(O)C(F)(F)F. The van der Waals surface area contributed by atoms with E-state index in [9.17, 15) is 27.9 Å². The molecule has 2 amide bonds. The fourth-order valence-corrected chi connectivity index (χ4v) is 2.93. The Morgan fingerprint density at radius 3 is 2.67 bits per heavy atom. The average molecular weight is 411 g/mol. The molecular weight excluding hydrogens is 397 g/mol. The van der Waals surface area contributed by atoms with Gasteiger partial charge in [0, 0.05) is 4.47 Å². The quantitative estimate of drug-likeness (QED) is 0.666. The molecule has 1 heterocycles. The lowest BCUT2D eigenvalue weighted by Crippen LogP contribution is -2.73. The number of hydrogen-bond donors (Lipinski definition) is 3. The molecular formula is C14H14BrF3N2O4. The summed E-state index contributed by atoms with van der Waals surface area (Å²) in [5.41, 5.74) is -3.55. The summed E-state index contributed by atoms with van der Waals surface area (Å²) in [5, 5.41) is 13.8. The molecule has 1 aromatic rings. The maximum atomic E-state index is 13.4.